The molecule has 4 N–H and O–H groups in total. The van der Waals surface area contributed by atoms with Gasteiger partial charge in [0.25, 0.3) is 5.68 Å². The molecular weight excluding hydrogens is 511 g/mol. The molecule has 188 valence electrons. The summed E-state index contributed by atoms with van der Waals surface area (Å²) in [6.45, 7) is 2.98. The van der Waals surface area contributed by atoms with Gasteiger partial charge in [0.1, 0.15) is 5.69 Å². The maximum Gasteiger partial charge on any atom is 0.294 e. The van der Waals surface area contributed by atoms with Crippen LogP contribution in [0, 0.1) is 12.3 Å². The lowest BCUT2D eigenvalue weighted by molar-refractivity contribution is 0.103. The first-order valence-electron chi connectivity index (χ1n) is 11.6. The highest BCUT2D eigenvalue weighted by Gasteiger charge is 2.23. The number of ketones is 1. The van der Waals surface area contributed by atoms with Crippen molar-refractivity contribution in [3.05, 3.63) is 99.3 Å². The Kier molecular flexibility index (Phi) is 6.78. The second-order valence-electron chi connectivity index (χ2n) is 8.65. The van der Waals surface area contributed by atoms with Crippen LogP contribution in [-0.2, 0) is 6.54 Å². The molecule has 37 heavy (non-hydrogen) atoms. The molecule has 0 bridgehead atoms. The maximum absolute atomic E-state index is 13.3. The van der Waals surface area contributed by atoms with Gasteiger partial charge in [-0.3, -0.25) is 14.8 Å². The minimum atomic E-state index is -0.260. The number of nitrogens with two attached hydrogens (primary N) is 1. The Labute approximate surface area is 222 Å². The zero-order valence-electron chi connectivity index (χ0n) is 20.0. The third-order valence-electron chi connectivity index (χ3n) is 6.04. The number of oxazole rings is 1. The van der Waals surface area contributed by atoms with E-state index in [4.69, 9.17) is 38.8 Å². The van der Waals surface area contributed by atoms with Crippen LogP contribution in [0.1, 0.15) is 28.0 Å². The van der Waals surface area contributed by atoms with Gasteiger partial charge >= 0.3 is 0 Å². The Balaban J connectivity index is 1.41. The van der Waals surface area contributed by atoms with Crippen molar-refractivity contribution >= 4 is 51.6 Å². The fourth-order valence-corrected chi connectivity index (χ4v) is 4.39. The van der Waals surface area contributed by atoms with Crippen LogP contribution in [0.3, 0.4) is 0 Å². The van der Waals surface area contributed by atoms with Crippen molar-refractivity contribution in [3.63, 3.8) is 0 Å². The van der Waals surface area contributed by atoms with Crippen molar-refractivity contribution in [3.8, 4) is 5.69 Å². The zero-order valence-corrected chi connectivity index (χ0v) is 21.5. The summed E-state index contributed by atoms with van der Waals surface area (Å²) in [5.41, 5.74) is 10.6. The van der Waals surface area contributed by atoms with Crippen LogP contribution in [-0.4, -0.2) is 26.7 Å². The van der Waals surface area contributed by atoms with E-state index in [0.717, 1.165) is 11.1 Å². The van der Waals surface area contributed by atoms with Gasteiger partial charge in [0, 0.05) is 28.7 Å². The molecule has 0 fully saturated rings. The predicted molar refractivity (Wildman–Crippen MR) is 146 cm³/mol. The highest BCUT2D eigenvalue weighted by atomic mass is 35.5. The monoisotopic (exact) mass is 534 g/mol. The zero-order chi connectivity index (χ0) is 26.1. The van der Waals surface area contributed by atoms with E-state index < -0.39 is 0 Å². The SMILES string of the molecule is Cc1ccc(C(=O)c2nn(-c3ccc(Cl)cc3)c(NCCCn3c(=N)oc4ccc(Cl)cc43)c2N)cc1. The number of benzene rings is 3. The first-order valence-corrected chi connectivity index (χ1v) is 12.4. The summed E-state index contributed by atoms with van der Waals surface area (Å²) in [4.78, 5) is 13.3. The van der Waals surface area contributed by atoms with Gasteiger partial charge in [-0.05, 0) is 55.8 Å². The van der Waals surface area contributed by atoms with Gasteiger partial charge < -0.3 is 15.5 Å². The number of rotatable bonds is 8. The molecule has 0 amide bonds. The molecule has 0 aliphatic carbocycles. The molecule has 0 atom stereocenters. The van der Waals surface area contributed by atoms with E-state index in [9.17, 15) is 4.79 Å². The number of carbonyl (C=O) groups excluding carboxylic acids is 1. The third-order valence-corrected chi connectivity index (χ3v) is 6.52. The molecule has 0 saturated heterocycles. The minimum absolute atomic E-state index is 0.0500. The molecule has 3 aromatic carbocycles. The average Bonchev–Trinajstić information content (AvgIpc) is 3.38. The van der Waals surface area contributed by atoms with Crippen LogP contribution in [0.4, 0.5) is 11.5 Å². The lowest BCUT2D eigenvalue weighted by atomic mass is 10.1. The van der Waals surface area contributed by atoms with Crippen molar-refractivity contribution in [2.24, 2.45) is 0 Å². The highest BCUT2D eigenvalue weighted by molar-refractivity contribution is 6.31. The van der Waals surface area contributed by atoms with E-state index in [1.165, 1.54) is 0 Å². The maximum atomic E-state index is 13.3. The smallest absolute Gasteiger partial charge is 0.294 e. The van der Waals surface area contributed by atoms with Crippen LogP contribution in [0.5, 0.6) is 0 Å². The number of aryl methyl sites for hydroxylation is 2. The molecular formula is C27H24Cl2N6O2. The van der Waals surface area contributed by atoms with Gasteiger partial charge in [0.05, 0.1) is 11.2 Å². The Morgan fingerprint density at radius 1 is 1.05 bits per heavy atom. The Morgan fingerprint density at radius 2 is 1.76 bits per heavy atom. The Bertz CT molecular complexity index is 1650. The summed E-state index contributed by atoms with van der Waals surface area (Å²) < 4.78 is 8.90. The number of nitrogens with one attached hydrogen (secondary N) is 2. The summed E-state index contributed by atoms with van der Waals surface area (Å²) in [5.74, 6) is 0.249. The van der Waals surface area contributed by atoms with Gasteiger partial charge in [-0.15, -0.1) is 0 Å². The number of aromatic nitrogens is 3. The molecule has 2 heterocycles. The molecule has 0 unspecified atom stereocenters. The number of fused-ring (bicyclic) bond motifs is 1. The van der Waals surface area contributed by atoms with E-state index in [2.05, 4.69) is 10.4 Å². The average molecular weight is 535 g/mol. The molecule has 5 aromatic rings. The van der Waals surface area contributed by atoms with Crippen LogP contribution in [0.15, 0.2) is 71.1 Å². The summed E-state index contributed by atoms with van der Waals surface area (Å²) >= 11 is 12.2. The molecule has 0 saturated carbocycles. The molecule has 0 spiro atoms. The van der Waals surface area contributed by atoms with Gasteiger partial charge in [-0.25, -0.2) is 4.68 Å². The van der Waals surface area contributed by atoms with Crippen LogP contribution >= 0.6 is 23.2 Å². The van der Waals surface area contributed by atoms with Crippen molar-refractivity contribution in [2.45, 2.75) is 19.9 Å². The number of nitrogen functional groups attached to an aromatic ring is 1. The second kappa shape index (κ2) is 10.2. The lowest BCUT2D eigenvalue weighted by Gasteiger charge is -2.11. The van der Waals surface area contributed by atoms with Gasteiger partial charge in [-0.1, -0.05) is 53.0 Å². The molecule has 8 nitrogen and oxygen atoms in total. The summed E-state index contributed by atoms with van der Waals surface area (Å²) in [7, 11) is 0. The largest absolute Gasteiger partial charge is 0.424 e. The number of anilines is 2. The fraction of sp³-hybridized carbons (Fsp3) is 0.148. The van der Waals surface area contributed by atoms with Crippen molar-refractivity contribution < 1.29 is 9.21 Å². The van der Waals surface area contributed by atoms with Crippen LogP contribution < -0.4 is 16.7 Å². The summed E-state index contributed by atoms with van der Waals surface area (Å²) in [6, 6.07) is 19.7. The number of nitrogens with zero attached hydrogens (tertiary/aromatic N) is 3. The van der Waals surface area contributed by atoms with Crippen LogP contribution in [0.25, 0.3) is 16.8 Å². The van der Waals surface area contributed by atoms with Crippen LogP contribution in [0.2, 0.25) is 10.0 Å². The van der Waals surface area contributed by atoms with Crippen molar-refractivity contribution in [2.75, 3.05) is 17.6 Å². The minimum Gasteiger partial charge on any atom is -0.424 e. The summed E-state index contributed by atoms with van der Waals surface area (Å²) in [5, 5.41) is 17.2. The number of halogens is 2. The molecule has 0 aliphatic heterocycles. The number of carbonyl (C=O) groups is 1. The lowest BCUT2D eigenvalue weighted by Crippen LogP contribution is -2.17. The van der Waals surface area contributed by atoms with Crippen molar-refractivity contribution in [1.29, 1.82) is 5.41 Å². The van der Waals surface area contributed by atoms with Gasteiger partial charge in [0.15, 0.2) is 17.1 Å². The predicted octanol–water partition coefficient (Wildman–Crippen LogP) is 5.83. The normalized spacial score (nSPS) is 11.2. The number of hydrogen-bond acceptors (Lipinski definition) is 6. The Morgan fingerprint density at radius 3 is 2.49 bits per heavy atom. The second-order valence-corrected chi connectivity index (χ2v) is 9.52. The highest BCUT2D eigenvalue weighted by Crippen LogP contribution is 2.29. The Hall–Kier alpha value is -4.01. The molecule has 5 rings (SSSR count). The van der Waals surface area contributed by atoms with E-state index in [1.54, 1.807) is 51.7 Å². The van der Waals surface area contributed by atoms with Crippen molar-refractivity contribution in [1.82, 2.24) is 14.3 Å². The standard InChI is InChI=1S/C27H24Cl2N6O2/c1-16-3-5-17(6-4-16)25(36)24-23(30)26(35(33-24)20-10-7-18(28)8-11-20)32-13-2-14-34-21-15-19(29)9-12-22(21)37-27(34)31/h3-12,15,31-32H,2,13-14,30H2,1H3. The quantitative estimate of drug-likeness (QED) is 0.171. The molecule has 2 aromatic heterocycles. The van der Waals surface area contributed by atoms with Gasteiger partial charge in [0.2, 0.25) is 5.78 Å². The van der Waals surface area contributed by atoms with E-state index in [0.29, 0.717) is 52.2 Å². The fourth-order valence-electron chi connectivity index (χ4n) is 4.10. The van der Waals surface area contributed by atoms with Gasteiger partial charge in [-0.2, -0.15) is 5.10 Å². The summed E-state index contributed by atoms with van der Waals surface area (Å²) in [6.07, 6.45) is 0.643. The molecule has 10 heteroatoms. The molecule has 0 radical (unpaired) electrons. The van der Waals surface area contributed by atoms with E-state index in [-0.39, 0.29) is 22.8 Å². The van der Waals surface area contributed by atoms with E-state index >= 15 is 0 Å². The first kappa shape index (κ1) is 24.7. The molecule has 0 aliphatic rings. The topological polar surface area (TPSA) is 115 Å². The van der Waals surface area contributed by atoms with E-state index in [1.807, 2.05) is 31.2 Å². The number of hydrogen-bond donors (Lipinski definition) is 3. The third kappa shape index (κ3) is 4.98. The first-order chi connectivity index (χ1) is 17.8.